The van der Waals surface area contributed by atoms with E-state index >= 15 is 0 Å². The van der Waals surface area contributed by atoms with Crippen LogP contribution in [-0.4, -0.2) is 4.98 Å². The number of nitrogens with zero attached hydrogens (tertiary/aromatic N) is 1. The molecule has 1 nitrogen and oxygen atoms in total. The Balaban J connectivity index is 0.000000461. The van der Waals surface area contributed by atoms with Crippen LogP contribution in [0.15, 0.2) is 30.5 Å². The predicted octanol–water partition coefficient (Wildman–Crippen LogP) is 4.22. The van der Waals surface area contributed by atoms with Crippen molar-refractivity contribution in [3.8, 4) is 0 Å². The molecule has 0 saturated heterocycles. The van der Waals surface area contributed by atoms with Crippen molar-refractivity contribution >= 4 is 22.5 Å². The van der Waals surface area contributed by atoms with Gasteiger partial charge in [0.2, 0.25) is 0 Å². The van der Waals surface area contributed by atoms with Gasteiger partial charge in [0.1, 0.15) is 0 Å². The fourth-order valence-electron chi connectivity index (χ4n) is 1.29. The molecule has 2 rings (SSSR count). The molecular weight excluding hydrogens is 194 g/mol. The first-order chi connectivity index (χ1) is 6.77. The summed E-state index contributed by atoms with van der Waals surface area (Å²) in [7, 11) is 0. The Morgan fingerprint density at radius 1 is 1.21 bits per heavy atom. The first kappa shape index (κ1) is 11.0. The maximum atomic E-state index is 6.00. The van der Waals surface area contributed by atoms with E-state index in [0.29, 0.717) is 0 Å². The van der Waals surface area contributed by atoms with Crippen molar-refractivity contribution in [2.45, 2.75) is 20.8 Å². The van der Waals surface area contributed by atoms with E-state index in [-0.39, 0.29) is 0 Å². The van der Waals surface area contributed by atoms with Crippen LogP contribution in [0, 0.1) is 6.92 Å². The van der Waals surface area contributed by atoms with Crippen molar-refractivity contribution in [3.05, 3.63) is 41.0 Å². The lowest BCUT2D eigenvalue weighted by Crippen LogP contribution is -1.80. The summed E-state index contributed by atoms with van der Waals surface area (Å²) < 4.78 is 0. The predicted molar refractivity (Wildman–Crippen MR) is 62.8 cm³/mol. The number of rotatable bonds is 0. The van der Waals surface area contributed by atoms with E-state index in [0.717, 1.165) is 15.9 Å². The zero-order valence-electron chi connectivity index (χ0n) is 8.71. The molecule has 0 saturated carbocycles. The Morgan fingerprint density at radius 3 is 2.64 bits per heavy atom. The Hall–Kier alpha value is -1.08. The number of fused-ring (bicyclic) bond motifs is 1. The Kier molecular flexibility index (Phi) is 3.90. The first-order valence-electron chi connectivity index (χ1n) is 4.78. The lowest BCUT2D eigenvalue weighted by Gasteiger charge is -2.00. The average molecular weight is 208 g/mol. The molecule has 0 spiro atoms. The third-order valence-electron chi connectivity index (χ3n) is 1.80. The second kappa shape index (κ2) is 4.97. The van der Waals surface area contributed by atoms with Gasteiger partial charge < -0.3 is 0 Å². The highest BCUT2D eigenvalue weighted by atomic mass is 35.5. The Labute approximate surface area is 89.7 Å². The molecule has 2 aromatic rings. The highest BCUT2D eigenvalue weighted by molar-refractivity contribution is 6.35. The number of pyridine rings is 1. The lowest BCUT2D eigenvalue weighted by molar-refractivity contribution is 1.39. The summed E-state index contributed by atoms with van der Waals surface area (Å²) >= 11 is 6.00. The van der Waals surface area contributed by atoms with Crippen molar-refractivity contribution in [1.82, 2.24) is 4.98 Å². The van der Waals surface area contributed by atoms with Gasteiger partial charge in [0.25, 0.3) is 0 Å². The van der Waals surface area contributed by atoms with Gasteiger partial charge >= 0.3 is 0 Å². The highest BCUT2D eigenvalue weighted by Gasteiger charge is 1.99. The van der Waals surface area contributed by atoms with Crippen LogP contribution in [0.1, 0.15) is 19.4 Å². The van der Waals surface area contributed by atoms with Gasteiger partial charge in [0.15, 0.2) is 0 Å². The van der Waals surface area contributed by atoms with Crippen molar-refractivity contribution in [3.63, 3.8) is 0 Å². The first-order valence-corrected chi connectivity index (χ1v) is 5.16. The van der Waals surface area contributed by atoms with Gasteiger partial charge in [-0.15, -0.1) is 0 Å². The third-order valence-corrected chi connectivity index (χ3v) is 2.09. The van der Waals surface area contributed by atoms with Crippen LogP contribution in [0.2, 0.25) is 5.02 Å². The fourth-order valence-corrected chi connectivity index (χ4v) is 1.62. The summed E-state index contributed by atoms with van der Waals surface area (Å²) in [4.78, 5) is 4.19. The minimum absolute atomic E-state index is 0.727. The van der Waals surface area contributed by atoms with Crippen LogP contribution in [0.3, 0.4) is 0 Å². The Morgan fingerprint density at radius 2 is 1.93 bits per heavy atom. The van der Waals surface area contributed by atoms with E-state index in [1.165, 1.54) is 5.56 Å². The van der Waals surface area contributed by atoms with E-state index in [4.69, 9.17) is 11.6 Å². The number of benzene rings is 1. The van der Waals surface area contributed by atoms with E-state index in [9.17, 15) is 0 Å². The molecule has 0 fully saturated rings. The zero-order chi connectivity index (χ0) is 10.6. The number of halogens is 1. The zero-order valence-corrected chi connectivity index (χ0v) is 9.47. The summed E-state index contributed by atoms with van der Waals surface area (Å²) in [6.07, 6.45) is 1.75. The van der Waals surface area contributed by atoms with Crippen molar-refractivity contribution in [2.75, 3.05) is 0 Å². The summed E-state index contributed by atoms with van der Waals surface area (Å²) in [6.45, 7) is 6.03. The van der Waals surface area contributed by atoms with Crippen LogP contribution in [0.25, 0.3) is 10.9 Å². The molecule has 0 N–H and O–H groups in total. The molecule has 74 valence electrons. The molecule has 1 heterocycles. The molecule has 0 amide bonds. The van der Waals surface area contributed by atoms with Crippen molar-refractivity contribution in [1.29, 1.82) is 0 Å². The average Bonchev–Trinajstić information content (AvgIpc) is 2.20. The van der Waals surface area contributed by atoms with Gasteiger partial charge in [-0.2, -0.15) is 0 Å². The van der Waals surface area contributed by atoms with Crippen LogP contribution in [0.4, 0.5) is 0 Å². The highest BCUT2D eigenvalue weighted by Crippen LogP contribution is 2.22. The molecule has 0 aliphatic carbocycles. The smallest absolute Gasteiger partial charge is 0.0888 e. The largest absolute Gasteiger partial charge is 0.255 e. The fraction of sp³-hybridized carbons (Fsp3) is 0.250. The SMILES string of the molecule is CC.Cc1cc(Cl)c2ncccc2c1. The van der Waals surface area contributed by atoms with E-state index in [1.807, 2.05) is 39.0 Å². The molecule has 14 heavy (non-hydrogen) atoms. The maximum absolute atomic E-state index is 6.00. The van der Waals surface area contributed by atoms with Gasteiger partial charge in [0, 0.05) is 11.6 Å². The molecular formula is C12H14ClN. The number of hydrogen-bond donors (Lipinski definition) is 0. The Bertz CT molecular complexity index is 424. The topological polar surface area (TPSA) is 12.9 Å². The van der Waals surface area contributed by atoms with Gasteiger partial charge in [-0.25, -0.2) is 0 Å². The van der Waals surface area contributed by atoms with Crippen molar-refractivity contribution < 1.29 is 0 Å². The van der Waals surface area contributed by atoms with Gasteiger partial charge in [-0.3, -0.25) is 4.98 Å². The van der Waals surface area contributed by atoms with Gasteiger partial charge in [-0.05, 0) is 30.7 Å². The standard InChI is InChI=1S/C10H8ClN.C2H6/c1-7-5-8-3-2-4-12-10(8)9(11)6-7;1-2/h2-6H,1H3;1-2H3. The van der Waals surface area contributed by atoms with E-state index < -0.39 is 0 Å². The third kappa shape index (κ3) is 2.24. The molecule has 0 unspecified atom stereocenters. The number of aromatic nitrogens is 1. The lowest BCUT2D eigenvalue weighted by atomic mass is 10.1. The van der Waals surface area contributed by atoms with E-state index in [2.05, 4.69) is 11.1 Å². The minimum Gasteiger partial charge on any atom is -0.255 e. The number of hydrogen-bond acceptors (Lipinski definition) is 1. The number of aryl methyl sites for hydroxylation is 1. The summed E-state index contributed by atoms with van der Waals surface area (Å²) in [5.74, 6) is 0. The van der Waals surface area contributed by atoms with Crippen LogP contribution in [-0.2, 0) is 0 Å². The monoisotopic (exact) mass is 207 g/mol. The van der Waals surface area contributed by atoms with E-state index in [1.54, 1.807) is 6.20 Å². The molecule has 0 atom stereocenters. The van der Waals surface area contributed by atoms with Crippen LogP contribution in [0.5, 0.6) is 0 Å². The molecule has 0 aliphatic rings. The second-order valence-electron chi connectivity index (χ2n) is 2.82. The second-order valence-corrected chi connectivity index (χ2v) is 3.23. The molecule has 0 aliphatic heterocycles. The van der Waals surface area contributed by atoms with Gasteiger partial charge in [-0.1, -0.05) is 31.5 Å². The van der Waals surface area contributed by atoms with Crippen LogP contribution >= 0.6 is 11.6 Å². The molecule has 1 aromatic heterocycles. The molecule has 1 aromatic carbocycles. The van der Waals surface area contributed by atoms with Gasteiger partial charge in [0.05, 0.1) is 10.5 Å². The summed E-state index contributed by atoms with van der Waals surface area (Å²) in [5, 5.41) is 1.83. The molecule has 0 bridgehead atoms. The summed E-state index contributed by atoms with van der Waals surface area (Å²) in [6, 6.07) is 7.93. The quantitative estimate of drug-likeness (QED) is 0.630. The van der Waals surface area contributed by atoms with Crippen LogP contribution < -0.4 is 0 Å². The normalized spacial score (nSPS) is 9.43. The molecule has 2 heteroatoms. The van der Waals surface area contributed by atoms with Crippen molar-refractivity contribution in [2.24, 2.45) is 0 Å². The summed E-state index contributed by atoms with van der Waals surface area (Å²) in [5.41, 5.74) is 2.05. The maximum Gasteiger partial charge on any atom is 0.0888 e. The minimum atomic E-state index is 0.727. The molecule has 0 radical (unpaired) electrons.